The molecular weight excluding hydrogens is 458 g/mol. The van der Waals surface area contributed by atoms with Crippen LogP contribution >= 0.6 is 23.7 Å². The zero-order valence-corrected chi connectivity index (χ0v) is 20.3. The molecule has 0 spiro atoms. The smallest absolute Gasteiger partial charge is 0.260 e. The maximum absolute atomic E-state index is 13.3. The predicted octanol–water partition coefficient (Wildman–Crippen LogP) is 3.73. The summed E-state index contributed by atoms with van der Waals surface area (Å²) in [6.45, 7) is 3.56. The molecule has 2 aromatic carbocycles. The number of benzene rings is 2. The summed E-state index contributed by atoms with van der Waals surface area (Å²) < 4.78 is 30.3. The van der Waals surface area contributed by atoms with Gasteiger partial charge in [-0.3, -0.25) is 9.69 Å². The van der Waals surface area contributed by atoms with E-state index in [-0.39, 0.29) is 23.2 Å². The monoisotopic (exact) mass is 483 g/mol. The molecule has 31 heavy (non-hydrogen) atoms. The second kappa shape index (κ2) is 10.4. The van der Waals surface area contributed by atoms with Gasteiger partial charge in [0.2, 0.25) is 0 Å². The van der Waals surface area contributed by atoms with Crippen LogP contribution in [0.25, 0.3) is 10.2 Å². The third kappa shape index (κ3) is 6.16. The Kier molecular flexibility index (Phi) is 8.41. The van der Waals surface area contributed by atoms with Gasteiger partial charge in [-0.15, -0.1) is 12.4 Å². The molecule has 0 unspecified atom stereocenters. The van der Waals surface area contributed by atoms with Gasteiger partial charge in [-0.05, 0) is 57.4 Å². The minimum absolute atomic E-state index is 0. The quantitative estimate of drug-likeness (QED) is 0.485. The lowest BCUT2D eigenvalue weighted by molar-refractivity contribution is 0.0985. The normalized spacial score (nSPS) is 11.4. The van der Waals surface area contributed by atoms with E-state index >= 15 is 0 Å². The number of anilines is 1. The molecule has 0 saturated heterocycles. The van der Waals surface area contributed by atoms with Crippen molar-refractivity contribution in [1.82, 2.24) is 9.88 Å². The van der Waals surface area contributed by atoms with Crippen LogP contribution in [0.3, 0.4) is 0 Å². The Balaban J connectivity index is 0.00000341. The number of hydrogen-bond acceptors (Lipinski definition) is 7. The van der Waals surface area contributed by atoms with Crippen LogP contribution in [-0.4, -0.2) is 64.3 Å². The van der Waals surface area contributed by atoms with E-state index in [1.54, 1.807) is 17.0 Å². The molecule has 168 valence electrons. The van der Waals surface area contributed by atoms with Crippen molar-refractivity contribution in [3.63, 3.8) is 0 Å². The van der Waals surface area contributed by atoms with Crippen LogP contribution < -0.4 is 9.64 Å². The van der Waals surface area contributed by atoms with Gasteiger partial charge in [-0.25, -0.2) is 13.4 Å². The first-order chi connectivity index (χ1) is 14.2. The number of rotatable bonds is 8. The van der Waals surface area contributed by atoms with Gasteiger partial charge in [-0.2, -0.15) is 0 Å². The molecule has 0 bridgehead atoms. The third-order valence-corrected chi connectivity index (χ3v) is 6.57. The van der Waals surface area contributed by atoms with Crippen LogP contribution in [0.5, 0.6) is 5.75 Å². The number of amides is 1. The zero-order valence-electron chi connectivity index (χ0n) is 17.9. The molecule has 1 amide bonds. The molecule has 10 heteroatoms. The molecule has 1 aromatic heterocycles. The van der Waals surface area contributed by atoms with Gasteiger partial charge in [0.15, 0.2) is 15.0 Å². The largest absolute Gasteiger partial charge is 0.494 e. The first-order valence-corrected chi connectivity index (χ1v) is 12.2. The summed E-state index contributed by atoms with van der Waals surface area (Å²) in [5.74, 6) is 0.471. The van der Waals surface area contributed by atoms with E-state index in [1.165, 1.54) is 23.5 Å². The number of sulfone groups is 1. The fraction of sp³-hybridized carbons (Fsp3) is 0.333. The summed E-state index contributed by atoms with van der Waals surface area (Å²) in [7, 11) is 0.449. The number of fused-ring (bicyclic) bond motifs is 1. The molecule has 0 aliphatic heterocycles. The molecular formula is C21H26ClN3O4S2. The highest BCUT2D eigenvalue weighted by Crippen LogP contribution is 2.32. The summed E-state index contributed by atoms with van der Waals surface area (Å²) in [6, 6.07) is 11.8. The van der Waals surface area contributed by atoms with Gasteiger partial charge in [-0.1, -0.05) is 17.4 Å². The van der Waals surface area contributed by atoms with Crippen LogP contribution in [-0.2, 0) is 9.84 Å². The van der Waals surface area contributed by atoms with E-state index in [4.69, 9.17) is 4.74 Å². The standard InChI is InChI=1S/C21H25N3O4S2.ClH/c1-5-28-16-9-10-18-19(14-16)29-21(22-18)24(12-11-23(2)3)20(25)15-7-6-8-17(13-15)30(4,26)27;/h6-10,13-14H,5,11-12H2,1-4H3;1H. The average Bonchev–Trinajstić information content (AvgIpc) is 3.10. The van der Waals surface area contributed by atoms with E-state index < -0.39 is 9.84 Å². The molecule has 3 rings (SSSR count). The van der Waals surface area contributed by atoms with Gasteiger partial charge in [0, 0.05) is 24.9 Å². The van der Waals surface area contributed by atoms with Crippen molar-refractivity contribution in [1.29, 1.82) is 0 Å². The van der Waals surface area contributed by atoms with Gasteiger partial charge in [0.25, 0.3) is 5.91 Å². The zero-order chi connectivity index (χ0) is 21.9. The number of thiazole rings is 1. The van der Waals surface area contributed by atoms with Crippen LogP contribution in [0, 0.1) is 0 Å². The van der Waals surface area contributed by atoms with Crippen molar-refractivity contribution in [2.75, 3.05) is 44.9 Å². The molecule has 0 radical (unpaired) electrons. The molecule has 0 aliphatic carbocycles. The van der Waals surface area contributed by atoms with Gasteiger partial charge < -0.3 is 9.64 Å². The second-order valence-electron chi connectivity index (χ2n) is 7.12. The molecule has 1 heterocycles. The van der Waals surface area contributed by atoms with Crippen molar-refractivity contribution in [3.8, 4) is 5.75 Å². The maximum Gasteiger partial charge on any atom is 0.260 e. The second-order valence-corrected chi connectivity index (χ2v) is 10.1. The lowest BCUT2D eigenvalue weighted by atomic mass is 10.2. The molecule has 3 aromatic rings. The van der Waals surface area contributed by atoms with Gasteiger partial charge in [0.1, 0.15) is 5.75 Å². The van der Waals surface area contributed by atoms with E-state index in [2.05, 4.69) is 4.98 Å². The number of carbonyl (C=O) groups excluding carboxylic acids is 1. The van der Waals surface area contributed by atoms with Crippen molar-refractivity contribution in [2.24, 2.45) is 0 Å². The van der Waals surface area contributed by atoms with E-state index in [1.807, 2.05) is 44.1 Å². The summed E-state index contributed by atoms with van der Waals surface area (Å²) in [5, 5.41) is 0.565. The highest BCUT2D eigenvalue weighted by molar-refractivity contribution is 7.90. The summed E-state index contributed by atoms with van der Waals surface area (Å²) in [6.07, 6.45) is 1.13. The van der Waals surface area contributed by atoms with Gasteiger partial charge >= 0.3 is 0 Å². The number of carbonyl (C=O) groups is 1. The van der Waals surface area contributed by atoms with Crippen LogP contribution in [0.1, 0.15) is 17.3 Å². The topological polar surface area (TPSA) is 79.8 Å². The van der Waals surface area contributed by atoms with Crippen LogP contribution in [0.2, 0.25) is 0 Å². The number of nitrogens with zero attached hydrogens (tertiary/aromatic N) is 3. The summed E-state index contributed by atoms with van der Waals surface area (Å²) in [4.78, 5) is 21.7. The number of likely N-dealkylation sites (N-methyl/N-ethyl adjacent to an activating group) is 1. The lowest BCUT2D eigenvalue weighted by Gasteiger charge is -2.22. The summed E-state index contributed by atoms with van der Waals surface area (Å²) >= 11 is 1.41. The fourth-order valence-electron chi connectivity index (χ4n) is 2.86. The van der Waals surface area contributed by atoms with E-state index in [9.17, 15) is 13.2 Å². The third-order valence-electron chi connectivity index (χ3n) is 4.42. The van der Waals surface area contributed by atoms with Crippen molar-refractivity contribution in [2.45, 2.75) is 11.8 Å². The first kappa shape index (κ1) is 25.1. The molecule has 0 N–H and O–H groups in total. The van der Waals surface area contributed by atoms with Crippen molar-refractivity contribution in [3.05, 3.63) is 48.0 Å². The highest BCUT2D eigenvalue weighted by atomic mass is 35.5. The Hall–Kier alpha value is -2.20. The molecule has 7 nitrogen and oxygen atoms in total. The minimum Gasteiger partial charge on any atom is -0.494 e. The Morgan fingerprint density at radius 1 is 1.13 bits per heavy atom. The molecule has 0 atom stereocenters. The fourth-order valence-corrected chi connectivity index (χ4v) is 4.55. The van der Waals surface area contributed by atoms with Crippen molar-refractivity contribution < 1.29 is 17.9 Å². The van der Waals surface area contributed by atoms with Crippen molar-refractivity contribution >= 4 is 54.8 Å². The average molecular weight is 484 g/mol. The number of halogens is 1. The van der Waals surface area contributed by atoms with E-state index in [0.717, 1.165) is 22.2 Å². The lowest BCUT2D eigenvalue weighted by Crippen LogP contribution is -2.36. The number of ether oxygens (including phenoxy) is 1. The molecule has 0 fully saturated rings. The molecule has 0 saturated carbocycles. The number of hydrogen-bond donors (Lipinski definition) is 0. The first-order valence-electron chi connectivity index (χ1n) is 9.49. The van der Waals surface area contributed by atoms with Crippen LogP contribution in [0.4, 0.5) is 5.13 Å². The maximum atomic E-state index is 13.3. The minimum atomic E-state index is -3.41. The molecule has 0 aliphatic rings. The Bertz CT molecular complexity index is 1160. The Labute approximate surface area is 193 Å². The SMILES string of the molecule is CCOc1ccc2nc(N(CCN(C)C)C(=O)c3cccc(S(C)(=O)=O)c3)sc2c1.Cl. The summed E-state index contributed by atoms with van der Waals surface area (Å²) in [5.41, 5.74) is 1.09. The predicted molar refractivity (Wildman–Crippen MR) is 128 cm³/mol. The highest BCUT2D eigenvalue weighted by Gasteiger charge is 2.22. The Morgan fingerprint density at radius 3 is 2.52 bits per heavy atom. The van der Waals surface area contributed by atoms with Crippen LogP contribution in [0.15, 0.2) is 47.4 Å². The van der Waals surface area contributed by atoms with E-state index in [0.29, 0.717) is 30.4 Å². The Morgan fingerprint density at radius 2 is 1.87 bits per heavy atom. The number of aromatic nitrogens is 1. The van der Waals surface area contributed by atoms with Gasteiger partial charge in [0.05, 0.1) is 21.7 Å².